The summed E-state index contributed by atoms with van der Waals surface area (Å²) in [6.07, 6.45) is 1.36. The highest BCUT2D eigenvalue weighted by Gasteiger charge is 2.43. The Labute approximate surface area is 255 Å². The second-order valence-corrected chi connectivity index (χ2v) is 11.9. The summed E-state index contributed by atoms with van der Waals surface area (Å²) in [7, 11) is 0. The molecule has 4 rings (SSSR count). The molecule has 0 amide bonds. The van der Waals surface area contributed by atoms with Crippen LogP contribution in [0.15, 0.2) is 42.0 Å². The van der Waals surface area contributed by atoms with Gasteiger partial charge in [0.1, 0.15) is 42.9 Å². The highest BCUT2D eigenvalue weighted by atomic mass is 19.3. The maximum atomic E-state index is 15.8. The fourth-order valence-corrected chi connectivity index (χ4v) is 5.85. The molecule has 2 aromatic rings. The molecule has 1 heterocycles. The number of hydrogen-bond donors (Lipinski definition) is 0. The molecule has 0 N–H and O–H groups in total. The Morgan fingerprint density at radius 2 is 1.70 bits per heavy atom. The second kappa shape index (κ2) is 14.4. The second-order valence-electron chi connectivity index (χ2n) is 11.9. The van der Waals surface area contributed by atoms with E-state index in [2.05, 4.69) is 9.47 Å². The maximum absolute atomic E-state index is 15.8. The minimum absolute atomic E-state index is 0.000340. The highest BCUT2D eigenvalue weighted by molar-refractivity contribution is 5.79. The van der Waals surface area contributed by atoms with E-state index in [0.717, 1.165) is 34.4 Å². The van der Waals surface area contributed by atoms with Gasteiger partial charge >= 0.3 is 5.97 Å². The zero-order chi connectivity index (χ0) is 32.1. The van der Waals surface area contributed by atoms with Crippen molar-refractivity contribution in [2.45, 2.75) is 70.6 Å². The largest absolute Gasteiger partial charge is 0.493 e. The predicted molar refractivity (Wildman–Crippen MR) is 155 cm³/mol. The molecule has 44 heavy (non-hydrogen) atoms. The molecule has 2 aliphatic rings. The van der Waals surface area contributed by atoms with Crippen LogP contribution in [0.25, 0.3) is 5.57 Å². The highest BCUT2D eigenvalue weighted by Crippen LogP contribution is 2.50. The van der Waals surface area contributed by atoms with Crippen LogP contribution >= 0.6 is 0 Å². The Balaban J connectivity index is 1.39. The first kappa shape index (κ1) is 33.9. The van der Waals surface area contributed by atoms with Crippen LogP contribution in [0.4, 0.5) is 22.0 Å². The lowest BCUT2D eigenvalue weighted by molar-refractivity contribution is -0.157. The molecule has 1 aliphatic heterocycles. The number of hydrogen-bond acceptors (Lipinski definition) is 6. The number of esters is 1. The van der Waals surface area contributed by atoms with Crippen molar-refractivity contribution in [2.75, 3.05) is 46.2 Å². The lowest BCUT2D eigenvalue weighted by atomic mass is 9.84. The molecule has 0 saturated heterocycles. The van der Waals surface area contributed by atoms with E-state index in [-0.39, 0.29) is 50.1 Å². The Hall–Kier alpha value is -3.02. The first-order valence-electron chi connectivity index (χ1n) is 14.8. The molecule has 0 bridgehead atoms. The van der Waals surface area contributed by atoms with Gasteiger partial charge < -0.3 is 18.9 Å². The number of fused-ring (bicyclic) bond motifs is 2. The van der Waals surface area contributed by atoms with Crippen molar-refractivity contribution in [1.82, 2.24) is 4.90 Å². The van der Waals surface area contributed by atoms with Gasteiger partial charge in [-0.2, -0.15) is 0 Å². The summed E-state index contributed by atoms with van der Waals surface area (Å²) in [6.45, 7) is 3.94. The molecule has 11 heteroatoms. The van der Waals surface area contributed by atoms with Crippen LogP contribution < -0.4 is 4.74 Å². The molecule has 0 unspecified atom stereocenters. The van der Waals surface area contributed by atoms with Crippen LogP contribution in [0.2, 0.25) is 0 Å². The van der Waals surface area contributed by atoms with Crippen molar-refractivity contribution >= 4 is 11.5 Å². The van der Waals surface area contributed by atoms with Crippen LogP contribution in [0.1, 0.15) is 63.3 Å². The fourth-order valence-electron chi connectivity index (χ4n) is 5.85. The minimum atomic E-state index is -3.31. The third-order valence-corrected chi connectivity index (χ3v) is 7.58. The Kier molecular flexibility index (Phi) is 11.1. The normalized spacial score (nSPS) is 18.8. The standard InChI is InChI=1S/C33H40F5NO5/c1-5-43-29(40)17-42-20-33(37,38)19-41-11-8-12-44-23-15-27(34)30(28(35)16-23)31-26-14-22-9-6-7-10-24(22)25(26)13-21(2)39(31)18-32(3,4)36/h6-7,9-10,15-16,21,31H,5,8,11-14,17-20H2,1-4H3/t21-,31+/m1/s1. The lowest BCUT2D eigenvalue weighted by Gasteiger charge is -2.44. The van der Waals surface area contributed by atoms with Crippen LogP contribution in [0.5, 0.6) is 5.75 Å². The average Bonchev–Trinajstić information content (AvgIpc) is 3.29. The molecule has 242 valence electrons. The molecule has 0 fully saturated rings. The van der Waals surface area contributed by atoms with E-state index in [1.54, 1.807) is 6.92 Å². The summed E-state index contributed by atoms with van der Waals surface area (Å²) in [5.41, 5.74) is 2.35. The smallest absolute Gasteiger partial charge is 0.332 e. The first-order chi connectivity index (χ1) is 20.8. The number of rotatable bonds is 15. The summed E-state index contributed by atoms with van der Waals surface area (Å²) in [5.74, 6) is -5.70. The van der Waals surface area contributed by atoms with Crippen molar-refractivity contribution in [1.29, 1.82) is 0 Å². The molecule has 0 radical (unpaired) electrons. The average molecular weight is 626 g/mol. The minimum Gasteiger partial charge on any atom is -0.493 e. The van der Waals surface area contributed by atoms with Crippen molar-refractivity contribution in [3.63, 3.8) is 0 Å². The van der Waals surface area contributed by atoms with Gasteiger partial charge in [-0.25, -0.2) is 26.7 Å². The number of ether oxygens (including phenoxy) is 4. The van der Waals surface area contributed by atoms with Crippen molar-refractivity contribution in [3.05, 3.63) is 70.3 Å². The van der Waals surface area contributed by atoms with Crippen LogP contribution in [-0.2, 0) is 25.4 Å². The third-order valence-electron chi connectivity index (χ3n) is 7.58. The van der Waals surface area contributed by atoms with Gasteiger partial charge in [0.25, 0.3) is 5.92 Å². The van der Waals surface area contributed by atoms with Crippen molar-refractivity contribution in [2.24, 2.45) is 0 Å². The number of alkyl halides is 3. The number of benzene rings is 2. The van der Waals surface area contributed by atoms with E-state index >= 15 is 8.78 Å². The number of halogens is 5. The fraction of sp³-hybridized carbons (Fsp3) is 0.545. The zero-order valence-corrected chi connectivity index (χ0v) is 25.6. The zero-order valence-electron chi connectivity index (χ0n) is 25.6. The Morgan fingerprint density at radius 3 is 2.39 bits per heavy atom. The van der Waals surface area contributed by atoms with Crippen LogP contribution in [-0.4, -0.2) is 74.7 Å². The lowest BCUT2D eigenvalue weighted by Crippen LogP contribution is -2.47. The number of carbonyl (C=O) groups is 1. The van der Waals surface area contributed by atoms with Crippen LogP contribution in [0, 0.1) is 11.6 Å². The summed E-state index contributed by atoms with van der Waals surface area (Å²) < 4.78 is 94.0. The SMILES string of the molecule is CCOC(=O)COCC(F)(F)COCCCOc1cc(F)c([C@@H]2C3=C(C[C@@H](C)N2CC(C)(C)F)c2ccccc2C3)c(F)c1. The molecule has 2 aromatic carbocycles. The molecule has 0 spiro atoms. The molecule has 1 aliphatic carbocycles. The van der Waals surface area contributed by atoms with Gasteiger partial charge in [0, 0.05) is 36.7 Å². The van der Waals surface area contributed by atoms with Gasteiger partial charge in [-0.3, -0.25) is 4.90 Å². The summed E-state index contributed by atoms with van der Waals surface area (Å²) in [5, 5.41) is 0. The van der Waals surface area contributed by atoms with E-state index in [1.165, 1.54) is 13.8 Å². The molecule has 6 nitrogen and oxygen atoms in total. The first-order valence-corrected chi connectivity index (χ1v) is 14.8. The van der Waals surface area contributed by atoms with Gasteiger partial charge in [0.15, 0.2) is 0 Å². The maximum Gasteiger partial charge on any atom is 0.332 e. The molecule has 0 aromatic heterocycles. The monoisotopic (exact) mass is 625 g/mol. The summed E-state index contributed by atoms with van der Waals surface area (Å²) in [6, 6.07) is 9.16. The third kappa shape index (κ3) is 8.57. The molecular formula is C33H40F5NO5. The summed E-state index contributed by atoms with van der Waals surface area (Å²) in [4.78, 5) is 13.0. The van der Waals surface area contributed by atoms with Crippen molar-refractivity contribution in [3.8, 4) is 5.75 Å². The van der Waals surface area contributed by atoms with Crippen molar-refractivity contribution < 1.29 is 45.7 Å². The van der Waals surface area contributed by atoms with Crippen LogP contribution in [0.3, 0.4) is 0 Å². The van der Waals surface area contributed by atoms with E-state index in [9.17, 15) is 18.0 Å². The Morgan fingerprint density at radius 1 is 1.02 bits per heavy atom. The van der Waals surface area contributed by atoms with Gasteiger partial charge in [0.05, 0.1) is 25.9 Å². The number of nitrogens with zero attached hydrogens (tertiary/aromatic N) is 1. The molecular weight excluding hydrogens is 585 g/mol. The van der Waals surface area contributed by atoms with Gasteiger partial charge in [0.2, 0.25) is 0 Å². The van der Waals surface area contributed by atoms with Gasteiger partial charge in [-0.1, -0.05) is 24.3 Å². The Bertz CT molecular complexity index is 1320. The molecule has 2 atom stereocenters. The van der Waals surface area contributed by atoms with E-state index < -0.39 is 55.1 Å². The van der Waals surface area contributed by atoms with Gasteiger partial charge in [-0.15, -0.1) is 0 Å². The van der Waals surface area contributed by atoms with E-state index in [1.807, 2.05) is 36.1 Å². The summed E-state index contributed by atoms with van der Waals surface area (Å²) >= 11 is 0. The van der Waals surface area contributed by atoms with Gasteiger partial charge in [-0.05, 0) is 62.8 Å². The predicted octanol–water partition coefficient (Wildman–Crippen LogP) is 6.86. The van der Waals surface area contributed by atoms with E-state index in [4.69, 9.17) is 9.47 Å². The molecule has 0 saturated carbocycles. The quantitative estimate of drug-likeness (QED) is 0.123. The topological polar surface area (TPSA) is 57.2 Å². The van der Waals surface area contributed by atoms with E-state index in [0.29, 0.717) is 12.8 Å². The number of carbonyl (C=O) groups excluding carboxylic acids is 1.